The van der Waals surface area contributed by atoms with Crippen LogP contribution in [0.5, 0.6) is 5.75 Å². The number of alkyl carbamates (subject to hydrolysis) is 1. The molecular weight excluding hydrogens is 428 g/mol. The molecule has 31 heavy (non-hydrogen) atoms. The summed E-state index contributed by atoms with van der Waals surface area (Å²) in [6.07, 6.45) is -0.484. The van der Waals surface area contributed by atoms with E-state index in [1.807, 2.05) is 0 Å². The van der Waals surface area contributed by atoms with Gasteiger partial charge < -0.3 is 34.7 Å². The molecule has 0 aliphatic carbocycles. The largest absolute Gasteiger partial charge is 0.495 e. The molecule has 0 aliphatic heterocycles. The number of hydrogen-bond donors (Lipinski definition) is 2. The van der Waals surface area contributed by atoms with E-state index in [1.54, 1.807) is 20.8 Å². The van der Waals surface area contributed by atoms with Gasteiger partial charge in [-0.25, -0.2) is 13.2 Å². The van der Waals surface area contributed by atoms with Gasteiger partial charge in [-0.15, -0.1) is 0 Å². The molecule has 1 rings (SSSR count). The Morgan fingerprint density at radius 1 is 1.00 bits per heavy atom. The van der Waals surface area contributed by atoms with Crippen LogP contribution in [0.15, 0.2) is 23.1 Å². The van der Waals surface area contributed by atoms with Crippen LogP contribution < -0.4 is 15.8 Å². The third kappa shape index (κ3) is 11.8. The fourth-order valence-electron chi connectivity index (χ4n) is 2.25. The van der Waals surface area contributed by atoms with Gasteiger partial charge in [0, 0.05) is 12.6 Å². The fourth-order valence-corrected chi connectivity index (χ4v) is 3.39. The first kappa shape index (κ1) is 27.0. The molecular formula is C20H34N2O8S. The van der Waals surface area contributed by atoms with Crippen LogP contribution in [-0.2, 0) is 28.8 Å². The highest BCUT2D eigenvalue weighted by Gasteiger charge is 2.16. The van der Waals surface area contributed by atoms with Crippen LogP contribution in [0.2, 0.25) is 0 Å². The van der Waals surface area contributed by atoms with Gasteiger partial charge in [-0.3, -0.25) is 0 Å². The van der Waals surface area contributed by atoms with E-state index < -0.39 is 21.5 Å². The highest BCUT2D eigenvalue weighted by molar-refractivity contribution is 7.91. The van der Waals surface area contributed by atoms with Gasteiger partial charge in [-0.2, -0.15) is 0 Å². The van der Waals surface area contributed by atoms with Crippen molar-refractivity contribution in [2.75, 3.05) is 64.8 Å². The van der Waals surface area contributed by atoms with Crippen molar-refractivity contribution in [3.63, 3.8) is 0 Å². The average molecular weight is 463 g/mol. The molecule has 0 radical (unpaired) electrons. The lowest BCUT2D eigenvalue weighted by atomic mass is 10.2. The monoisotopic (exact) mass is 462 g/mol. The summed E-state index contributed by atoms with van der Waals surface area (Å²) in [5.74, 6) is 0.159. The predicted octanol–water partition coefficient (Wildman–Crippen LogP) is 1.63. The lowest BCUT2D eigenvalue weighted by Gasteiger charge is -2.19. The summed E-state index contributed by atoms with van der Waals surface area (Å²) in [6.45, 7) is 7.41. The zero-order valence-electron chi connectivity index (χ0n) is 18.6. The van der Waals surface area contributed by atoms with Crippen LogP contribution in [-0.4, -0.2) is 79.2 Å². The molecule has 0 saturated heterocycles. The maximum atomic E-state index is 12.3. The minimum Gasteiger partial charge on any atom is -0.495 e. The summed E-state index contributed by atoms with van der Waals surface area (Å²) >= 11 is 0. The first-order valence-corrected chi connectivity index (χ1v) is 11.6. The van der Waals surface area contributed by atoms with Gasteiger partial charge in [0.05, 0.1) is 63.1 Å². The third-order valence-electron chi connectivity index (χ3n) is 3.72. The standard InChI is InChI=1S/C20H34N2O8S/c1-20(2,3)30-19(23)22-7-8-27-9-10-28-11-12-29-13-14-31(24,25)16-5-6-17(21)18(15-16)26-4/h5-6,15H,7-14,21H2,1-4H3,(H,22,23). The Kier molecular flexibility index (Phi) is 11.6. The number of amides is 1. The lowest BCUT2D eigenvalue weighted by molar-refractivity contribution is 0.0165. The van der Waals surface area contributed by atoms with Gasteiger partial charge >= 0.3 is 6.09 Å². The maximum absolute atomic E-state index is 12.3. The molecule has 0 atom stereocenters. The number of hydrogen-bond acceptors (Lipinski definition) is 9. The molecule has 0 bridgehead atoms. The van der Waals surface area contributed by atoms with Crippen LogP contribution in [0.4, 0.5) is 10.5 Å². The Bertz CT molecular complexity index is 778. The van der Waals surface area contributed by atoms with Crippen molar-refractivity contribution < 1.29 is 36.9 Å². The Labute approximate surface area is 184 Å². The normalized spacial score (nSPS) is 11.9. The van der Waals surface area contributed by atoms with Gasteiger partial charge in [0.1, 0.15) is 11.4 Å². The number of carbonyl (C=O) groups excluding carboxylic acids is 1. The van der Waals surface area contributed by atoms with E-state index in [0.717, 1.165) is 0 Å². The molecule has 10 nitrogen and oxygen atoms in total. The maximum Gasteiger partial charge on any atom is 0.407 e. The third-order valence-corrected chi connectivity index (χ3v) is 5.40. The molecule has 0 saturated carbocycles. The van der Waals surface area contributed by atoms with E-state index in [0.29, 0.717) is 44.4 Å². The Morgan fingerprint density at radius 3 is 2.16 bits per heavy atom. The molecule has 1 aromatic carbocycles. The number of nitrogens with one attached hydrogen (secondary N) is 1. The van der Waals surface area contributed by atoms with Gasteiger partial charge in [0.15, 0.2) is 9.84 Å². The van der Waals surface area contributed by atoms with Crippen molar-refractivity contribution in [1.29, 1.82) is 0 Å². The number of sulfone groups is 1. The van der Waals surface area contributed by atoms with Crippen molar-refractivity contribution in [2.45, 2.75) is 31.3 Å². The quantitative estimate of drug-likeness (QED) is 0.312. The van der Waals surface area contributed by atoms with Crippen molar-refractivity contribution >= 4 is 21.6 Å². The molecule has 0 unspecified atom stereocenters. The van der Waals surface area contributed by atoms with Crippen LogP contribution in [0.3, 0.4) is 0 Å². The summed E-state index contributed by atoms with van der Waals surface area (Å²) in [6, 6.07) is 4.34. The molecule has 3 N–H and O–H groups in total. The predicted molar refractivity (Wildman–Crippen MR) is 116 cm³/mol. The SMILES string of the molecule is COc1cc(S(=O)(=O)CCOCCOCCOCCNC(=O)OC(C)(C)C)ccc1N. The minimum atomic E-state index is -3.50. The second kappa shape index (κ2) is 13.4. The Balaban J connectivity index is 2.05. The number of anilines is 1. The van der Waals surface area contributed by atoms with Gasteiger partial charge in [0.25, 0.3) is 0 Å². The van der Waals surface area contributed by atoms with Crippen LogP contribution >= 0.6 is 0 Å². The molecule has 0 fully saturated rings. The summed E-state index contributed by atoms with van der Waals surface area (Å²) in [5.41, 5.74) is 5.54. The Hall–Kier alpha value is -2.08. The smallest absolute Gasteiger partial charge is 0.407 e. The number of carbonyl (C=O) groups is 1. The summed E-state index contributed by atoms with van der Waals surface area (Å²) in [7, 11) is -2.07. The number of nitrogens with two attached hydrogens (primary N) is 1. The van der Waals surface area contributed by atoms with Gasteiger partial charge in [-0.05, 0) is 32.9 Å². The molecule has 11 heteroatoms. The summed E-state index contributed by atoms with van der Waals surface area (Å²) in [4.78, 5) is 11.6. The zero-order chi connectivity index (χ0) is 23.3. The number of methoxy groups -OCH3 is 1. The summed E-state index contributed by atoms with van der Waals surface area (Å²) in [5, 5.41) is 2.59. The minimum absolute atomic E-state index is 0.0468. The number of benzene rings is 1. The van der Waals surface area contributed by atoms with Crippen molar-refractivity contribution in [3.8, 4) is 5.75 Å². The number of rotatable bonds is 14. The molecule has 0 heterocycles. The van der Waals surface area contributed by atoms with E-state index in [4.69, 9.17) is 29.4 Å². The molecule has 0 aromatic heterocycles. The van der Waals surface area contributed by atoms with Crippen LogP contribution in [0, 0.1) is 0 Å². The first-order chi connectivity index (χ1) is 14.5. The number of ether oxygens (including phenoxy) is 5. The fraction of sp³-hybridized carbons (Fsp3) is 0.650. The van der Waals surface area contributed by atoms with E-state index >= 15 is 0 Å². The molecule has 1 aromatic rings. The second-order valence-corrected chi connectivity index (χ2v) is 9.60. The molecule has 0 aliphatic rings. The molecule has 1 amide bonds. The number of nitrogen functional groups attached to an aromatic ring is 1. The second-order valence-electron chi connectivity index (χ2n) is 7.49. The van der Waals surface area contributed by atoms with E-state index in [2.05, 4.69) is 5.32 Å². The van der Waals surface area contributed by atoms with Crippen molar-refractivity contribution in [2.24, 2.45) is 0 Å². The van der Waals surface area contributed by atoms with Crippen molar-refractivity contribution in [3.05, 3.63) is 18.2 Å². The van der Waals surface area contributed by atoms with E-state index in [-0.39, 0.29) is 23.9 Å². The Morgan fingerprint density at radius 2 is 1.58 bits per heavy atom. The van der Waals surface area contributed by atoms with Crippen LogP contribution in [0.1, 0.15) is 20.8 Å². The van der Waals surface area contributed by atoms with Gasteiger partial charge in [0.2, 0.25) is 0 Å². The highest BCUT2D eigenvalue weighted by Crippen LogP contribution is 2.25. The topological polar surface area (TPSA) is 135 Å². The lowest BCUT2D eigenvalue weighted by Crippen LogP contribution is -2.34. The molecule has 0 spiro atoms. The van der Waals surface area contributed by atoms with Gasteiger partial charge in [-0.1, -0.05) is 0 Å². The molecule has 178 valence electrons. The van der Waals surface area contributed by atoms with E-state index in [1.165, 1.54) is 25.3 Å². The summed E-state index contributed by atoms with van der Waals surface area (Å²) < 4.78 is 50.8. The average Bonchev–Trinajstić information content (AvgIpc) is 2.67. The van der Waals surface area contributed by atoms with Crippen molar-refractivity contribution in [1.82, 2.24) is 5.32 Å². The van der Waals surface area contributed by atoms with E-state index in [9.17, 15) is 13.2 Å². The van der Waals surface area contributed by atoms with Crippen LogP contribution in [0.25, 0.3) is 0 Å². The zero-order valence-corrected chi connectivity index (χ0v) is 19.5. The first-order valence-electron chi connectivity index (χ1n) is 9.91. The highest BCUT2D eigenvalue weighted by atomic mass is 32.2.